The molecule has 196 valence electrons. The van der Waals surface area contributed by atoms with Gasteiger partial charge in [-0.25, -0.2) is 4.79 Å². The lowest BCUT2D eigenvalue weighted by Gasteiger charge is -2.20. The van der Waals surface area contributed by atoms with Crippen molar-refractivity contribution in [1.82, 2.24) is 14.5 Å². The van der Waals surface area contributed by atoms with E-state index in [1.165, 1.54) is 4.57 Å². The first-order valence-corrected chi connectivity index (χ1v) is 12.7. The first-order chi connectivity index (χ1) is 18.2. The molecule has 0 unspecified atom stereocenters. The number of aryl methyl sites for hydroxylation is 1. The number of rotatable bonds is 7. The van der Waals surface area contributed by atoms with Gasteiger partial charge in [0.05, 0.1) is 19.0 Å². The van der Waals surface area contributed by atoms with E-state index in [1.54, 1.807) is 18.2 Å². The van der Waals surface area contributed by atoms with Crippen molar-refractivity contribution < 1.29 is 19.8 Å². The molecule has 2 heterocycles. The molecule has 5 rings (SSSR count). The molecule has 38 heavy (non-hydrogen) atoms. The molecule has 1 aliphatic rings. The number of pyridine rings is 1. The summed E-state index contributed by atoms with van der Waals surface area (Å²) in [6.45, 7) is 0.190. The predicted octanol–water partition coefficient (Wildman–Crippen LogP) is 4.57. The van der Waals surface area contributed by atoms with Gasteiger partial charge in [0.25, 0.3) is 5.56 Å². The second-order valence-electron chi connectivity index (χ2n) is 9.48. The first-order valence-electron chi connectivity index (χ1n) is 12.3. The molecule has 4 N–H and O–H groups in total. The predicted molar refractivity (Wildman–Crippen MR) is 145 cm³/mol. The number of benzene rings is 2. The van der Waals surface area contributed by atoms with Crippen molar-refractivity contribution in [2.45, 2.75) is 38.3 Å². The third-order valence-corrected chi connectivity index (χ3v) is 7.39. The number of carbonyl (C=O) groups is 2. The van der Waals surface area contributed by atoms with Crippen LogP contribution >= 0.6 is 11.6 Å². The highest BCUT2D eigenvalue weighted by Crippen LogP contribution is 2.34. The summed E-state index contributed by atoms with van der Waals surface area (Å²) >= 11 is 6.33. The van der Waals surface area contributed by atoms with Crippen LogP contribution in [-0.2, 0) is 31.2 Å². The van der Waals surface area contributed by atoms with Crippen molar-refractivity contribution in [3.8, 4) is 5.75 Å². The number of fused-ring (bicyclic) bond motifs is 2. The van der Waals surface area contributed by atoms with E-state index in [4.69, 9.17) is 11.6 Å². The Morgan fingerprint density at radius 3 is 2.68 bits per heavy atom. The topological polar surface area (TPSA) is 126 Å². The normalized spacial score (nSPS) is 13.3. The number of hydrogen-bond acceptors (Lipinski definition) is 4. The van der Waals surface area contributed by atoms with E-state index in [0.717, 1.165) is 28.6 Å². The minimum Gasteiger partial charge on any atom is -0.505 e. The fourth-order valence-electron chi connectivity index (χ4n) is 5.10. The third-order valence-electron chi connectivity index (χ3n) is 7.02. The number of anilines is 1. The van der Waals surface area contributed by atoms with Crippen LogP contribution in [0.2, 0.25) is 5.02 Å². The summed E-state index contributed by atoms with van der Waals surface area (Å²) in [6, 6.07) is 12.9. The Labute approximate surface area is 223 Å². The summed E-state index contributed by atoms with van der Waals surface area (Å²) in [7, 11) is 1.88. The van der Waals surface area contributed by atoms with Crippen LogP contribution in [-0.4, -0.2) is 31.3 Å². The van der Waals surface area contributed by atoms with Crippen LogP contribution in [0.1, 0.15) is 41.3 Å². The van der Waals surface area contributed by atoms with Crippen LogP contribution in [0.3, 0.4) is 0 Å². The van der Waals surface area contributed by atoms with Crippen molar-refractivity contribution in [3.63, 3.8) is 0 Å². The van der Waals surface area contributed by atoms with Crippen molar-refractivity contribution in [3.05, 3.63) is 92.5 Å². The molecule has 10 heteroatoms. The monoisotopic (exact) mass is 534 g/mol. The molecule has 4 aromatic rings. The largest absolute Gasteiger partial charge is 0.505 e. The number of hydrogen-bond donors (Lipinski definition) is 4. The standard InChI is InChI=1S/C28H27ClN4O5/c1-32-12-11-16-9-10-17(13-23(16)32)21(14-24(34)35)30-28(38)31-25-26(36)19-6-4-8-22(19)33(27(25)37)15-18-5-2-3-7-20(18)29/h2-3,5,7,9-13,21,36H,4,6,8,14-15H2,1H3,(H,34,35)(H2,30,31,38)/t21-/m0/s1. The number of carboxylic acid groups (broad SMARTS) is 1. The van der Waals surface area contributed by atoms with E-state index >= 15 is 0 Å². The fourth-order valence-corrected chi connectivity index (χ4v) is 5.29. The molecule has 0 radical (unpaired) electrons. The molecule has 9 nitrogen and oxygen atoms in total. The number of urea groups is 1. The molecular weight excluding hydrogens is 508 g/mol. The zero-order valence-electron chi connectivity index (χ0n) is 20.7. The highest BCUT2D eigenvalue weighted by molar-refractivity contribution is 6.31. The molecule has 0 bridgehead atoms. The Balaban J connectivity index is 1.46. The molecule has 0 aliphatic heterocycles. The van der Waals surface area contributed by atoms with E-state index < -0.39 is 23.6 Å². The zero-order chi connectivity index (χ0) is 27.0. The number of amides is 2. The average Bonchev–Trinajstić information content (AvgIpc) is 3.52. The quantitative estimate of drug-likeness (QED) is 0.276. The maximum absolute atomic E-state index is 13.5. The fraction of sp³-hybridized carbons (Fsp3) is 0.250. The molecule has 1 aliphatic carbocycles. The molecule has 0 saturated heterocycles. The highest BCUT2D eigenvalue weighted by atomic mass is 35.5. The number of carbonyl (C=O) groups excluding carboxylic acids is 1. The van der Waals surface area contributed by atoms with Crippen molar-refractivity contribution in [2.24, 2.45) is 7.05 Å². The number of halogens is 1. The van der Waals surface area contributed by atoms with Gasteiger partial charge in [0.1, 0.15) is 5.75 Å². The van der Waals surface area contributed by atoms with Gasteiger partial charge in [-0.15, -0.1) is 0 Å². The summed E-state index contributed by atoms with van der Waals surface area (Å²) in [6.07, 6.45) is 3.49. The molecule has 1 atom stereocenters. The molecular formula is C28H27ClN4O5. The lowest BCUT2D eigenvalue weighted by atomic mass is 10.0. The van der Waals surface area contributed by atoms with Crippen LogP contribution in [0.4, 0.5) is 10.5 Å². The number of aromatic nitrogens is 2. The van der Waals surface area contributed by atoms with Gasteiger partial charge < -0.3 is 30.0 Å². The van der Waals surface area contributed by atoms with Gasteiger partial charge >= 0.3 is 12.0 Å². The average molecular weight is 535 g/mol. The summed E-state index contributed by atoms with van der Waals surface area (Å²) < 4.78 is 3.44. The van der Waals surface area contributed by atoms with Crippen molar-refractivity contribution >= 4 is 40.2 Å². The van der Waals surface area contributed by atoms with E-state index in [9.17, 15) is 24.6 Å². The van der Waals surface area contributed by atoms with Gasteiger partial charge in [-0.3, -0.25) is 9.59 Å². The number of nitrogens with one attached hydrogen (secondary N) is 2. The Bertz CT molecular complexity index is 1620. The number of carboxylic acids is 1. The lowest BCUT2D eigenvalue weighted by molar-refractivity contribution is -0.137. The Kier molecular flexibility index (Phi) is 6.86. The Hall–Kier alpha value is -4.24. The van der Waals surface area contributed by atoms with E-state index in [1.807, 2.05) is 48.1 Å². The van der Waals surface area contributed by atoms with Crippen LogP contribution in [0, 0.1) is 0 Å². The van der Waals surface area contributed by atoms with Gasteiger partial charge in [-0.05, 0) is 54.0 Å². The van der Waals surface area contributed by atoms with Crippen LogP contribution < -0.4 is 16.2 Å². The van der Waals surface area contributed by atoms with E-state index in [-0.39, 0.29) is 24.4 Å². The van der Waals surface area contributed by atoms with Crippen LogP contribution in [0.5, 0.6) is 5.75 Å². The maximum Gasteiger partial charge on any atom is 0.319 e. The second-order valence-corrected chi connectivity index (χ2v) is 9.89. The third kappa shape index (κ3) is 4.84. The summed E-state index contributed by atoms with van der Waals surface area (Å²) in [5.41, 5.74) is 2.76. The molecule has 0 fully saturated rings. The number of nitrogens with zero attached hydrogens (tertiary/aromatic N) is 2. The minimum atomic E-state index is -1.09. The van der Waals surface area contributed by atoms with Crippen molar-refractivity contribution in [2.75, 3.05) is 5.32 Å². The Morgan fingerprint density at radius 2 is 1.92 bits per heavy atom. The molecule has 0 saturated carbocycles. The van der Waals surface area contributed by atoms with Crippen molar-refractivity contribution in [1.29, 1.82) is 0 Å². The summed E-state index contributed by atoms with van der Waals surface area (Å²) in [5, 5.41) is 27.1. The molecule has 2 aromatic carbocycles. The van der Waals surface area contributed by atoms with Gasteiger partial charge in [0.2, 0.25) is 0 Å². The van der Waals surface area contributed by atoms with Crippen LogP contribution in [0.15, 0.2) is 59.5 Å². The molecule has 0 spiro atoms. The van der Waals surface area contributed by atoms with Crippen LogP contribution in [0.25, 0.3) is 10.9 Å². The zero-order valence-corrected chi connectivity index (χ0v) is 21.5. The summed E-state index contributed by atoms with van der Waals surface area (Å²) in [4.78, 5) is 38.2. The van der Waals surface area contributed by atoms with Gasteiger partial charge in [0, 0.05) is 35.0 Å². The molecule has 2 aromatic heterocycles. The number of aromatic hydroxyl groups is 1. The van der Waals surface area contributed by atoms with Gasteiger partial charge in [-0.2, -0.15) is 0 Å². The first kappa shape index (κ1) is 25.4. The maximum atomic E-state index is 13.5. The minimum absolute atomic E-state index is 0.190. The smallest absolute Gasteiger partial charge is 0.319 e. The van der Waals surface area contributed by atoms with E-state index in [0.29, 0.717) is 29.0 Å². The summed E-state index contributed by atoms with van der Waals surface area (Å²) in [5.74, 6) is -1.35. The Morgan fingerprint density at radius 1 is 1.13 bits per heavy atom. The molecule has 2 amide bonds. The SMILES string of the molecule is Cn1ccc2ccc([C@H](CC(=O)O)NC(=O)Nc3c(O)c4c(n(Cc5ccccc5Cl)c3=O)CCC4)cc21. The number of aliphatic carboxylic acids is 1. The van der Waals surface area contributed by atoms with Gasteiger partial charge in [-0.1, -0.05) is 41.9 Å². The lowest BCUT2D eigenvalue weighted by Crippen LogP contribution is -2.37. The van der Waals surface area contributed by atoms with Gasteiger partial charge in [0.15, 0.2) is 5.69 Å². The van der Waals surface area contributed by atoms with E-state index in [2.05, 4.69) is 10.6 Å². The highest BCUT2D eigenvalue weighted by Gasteiger charge is 2.27. The second kappa shape index (κ2) is 10.3.